The van der Waals surface area contributed by atoms with Gasteiger partial charge in [-0.25, -0.2) is 4.79 Å². The van der Waals surface area contributed by atoms with Crippen LogP contribution in [0.5, 0.6) is 0 Å². The molecule has 1 aliphatic heterocycles. The topological polar surface area (TPSA) is 87.3 Å². The van der Waals surface area contributed by atoms with Gasteiger partial charge in [-0.1, -0.05) is 38.3 Å². The van der Waals surface area contributed by atoms with Crippen molar-refractivity contribution < 1.29 is 27.6 Å². The normalized spacial score (nSPS) is 18.1. The van der Waals surface area contributed by atoms with Crippen molar-refractivity contribution in [2.75, 3.05) is 6.54 Å². The Balaban J connectivity index is 0.000000747. The number of alkyl halides is 3. The summed E-state index contributed by atoms with van der Waals surface area (Å²) in [5, 5.41) is 6.93. The first kappa shape index (κ1) is 24.0. The van der Waals surface area contributed by atoms with Crippen LogP contribution in [0, 0.1) is 18.8 Å². The summed E-state index contributed by atoms with van der Waals surface area (Å²) in [6, 6.07) is 3.17. The third-order valence-electron chi connectivity index (χ3n) is 3.96. The number of hydrogen-bond donors (Lipinski definition) is 3. The van der Waals surface area contributed by atoms with Crippen molar-refractivity contribution in [3.63, 3.8) is 0 Å². The number of amides is 4. The van der Waals surface area contributed by atoms with Crippen LogP contribution >= 0.6 is 0 Å². The van der Waals surface area contributed by atoms with Crippen molar-refractivity contribution in [1.29, 1.82) is 0 Å². The molecule has 1 aromatic carbocycles. The number of halogens is 3. The largest absolute Gasteiger partial charge is 0.416 e. The summed E-state index contributed by atoms with van der Waals surface area (Å²) in [6.45, 7) is 1.58. The first-order valence-corrected chi connectivity index (χ1v) is 9.05. The van der Waals surface area contributed by atoms with Crippen molar-refractivity contribution >= 4 is 17.8 Å². The van der Waals surface area contributed by atoms with Gasteiger partial charge in [-0.3, -0.25) is 14.9 Å². The third-order valence-corrected chi connectivity index (χ3v) is 3.96. The Morgan fingerprint density at radius 3 is 2.14 bits per heavy atom. The monoisotopic (exact) mass is 411 g/mol. The van der Waals surface area contributed by atoms with Crippen LogP contribution in [0.1, 0.15) is 37.3 Å². The first-order valence-electron chi connectivity index (χ1n) is 9.05. The molecule has 158 valence electrons. The van der Waals surface area contributed by atoms with Gasteiger partial charge in [0.1, 0.15) is 6.04 Å². The van der Waals surface area contributed by atoms with Crippen molar-refractivity contribution in [2.24, 2.45) is 5.92 Å². The minimum absolute atomic E-state index is 0.0479. The van der Waals surface area contributed by atoms with Gasteiger partial charge in [0.15, 0.2) is 0 Å². The molecule has 0 aromatic heterocycles. The zero-order valence-corrected chi connectivity index (χ0v) is 16.0. The molecule has 0 unspecified atom stereocenters. The predicted octanol–water partition coefficient (Wildman–Crippen LogP) is 2.63. The Kier molecular flexibility index (Phi) is 9.19. The number of carbonyl (C=O) groups excluding carboxylic acids is 3. The summed E-state index contributed by atoms with van der Waals surface area (Å²) in [4.78, 5) is 34.3. The molecule has 29 heavy (non-hydrogen) atoms. The number of rotatable bonds is 5. The molecule has 3 N–H and O–H groups in total. The van der Waals surface area contributed by atoms with Gasteiger partial charge in [0.2, 0.25) is 5.91 Å². The maximum atomic E-state index is 12.5. The zero-order valence-electron chi connectivity index (χ0n) is 16.0. The number of urea groups is 1. The van der Waals surface area contributed by atoms with E-state index in [-0.39, 0.29) is 18.9 Å². The van der Waals surface area contributed by atoms with E-state index in [0.29, 0.717) is 5.56 Å². The third kappa shape index (κ3) is 8.68. The highest BCUT2D eigenvalue weighted by molar-refractivity contribution is 6.04. The molecule has 1 saturated heterocycles. The van der Waals surface area contributed by atoms with E-state index in [0.717, 1.165) is 12.1 Å². The average molecular weight is 411 g/mol. The summed E-state index contributed by atoms with van der Waals surface area (Å²) in [7, 11) is 0. The second-order valence-electron chi connectivity index (χ2n) is 6.62. The quantitative estimate of drug-likeness (QED) is 0.514. The van der Waals surface area contributed by atoms with E-state index in [1.54, 1.807) is 6.92 Å². The van der Waals surface area contributed by atoms with Crippen molar-refractivity contribution in [3.05, 3.63) is 35.4 Å². The van der Waals surface area contributed by atoms with Gasteiger partial charge in [-0.05, 0) is 24.1 Å². The molecule has 0 radical (unpaired) electrons. The van der Waals surface area contributed by atoms with E-state index < -0.39 is 35.6 Å². The van der Waals surface area contributed by atoms with E-state index in [1.165, 1.54) is 31.4 Å². The van der Waals surface area contributed by atoms with E-state index in [2.05, 4.69) is 23.5 Å². The van der Waals surface area contributed by atoms with Gasteiger partial charge >= 0.3 is 12.2 Å². The van der Waals surface area contributed by atoms with E-state index in [9.17, 15) is 27.6 Å². The number of terminal acetylenes is 1. The highest BCUT2D eigenvalue weighted by atomic mass is 19.4. The Morgan fingerprint density at radius 1 is 1.17 bits per heavy atom. The summed E-state index contributed by atoms with van der Waals surface area (Å²) in [5.74, 6) is -1.37. The molecule has 0 bridgehead atoms. The van der Waals surface area contributed by atoms with Crippen LogP contribution in [0.15, 0.2) is 24.3 Å². The molecule has 3 rings (SSSR count). The predicted molar refractivity (Wildman–Crippen MR) is 102 cm³/mol. The van der Waals surface area contributed by atoms with E-state index >= 15 is 0 Å². The van der Waals surface area contributed by atoms with Crippen LogP contribution < -0.4 is 16.0 Å². The van der Waals surface area contributed by atoms with Crippen molar-refractivity contribution in [2.45, 2.75) is 44.8 Å². The minimum atomic E-state index is -4.40. The summed E-state index contributed by atoms with van der Waals surface area (Å²) in [5.41, 5.74) is -0.149. The molecule has 1 aliphatic carbocycles. The second kappa shape index (κ2) is 11.1. The molecule has 0 spiro atoms. The standard InChI is InChI=1S/C15H16F3N3O3.C3H6.C2H2/c1-8(6-9-2-4-10(5-3-9)15(16,17)18)12(22)19-7-11-13(23)21-14(24)20-11;1-2-3-1;1-2/h2-5,8,11H,6-7H2,1H3,(H,19,22)(H2,20,21,23,24);1-3H2;1-2H/t8-,11-;;/m1../s1. The van der Waals surface area contributed by atoms with Crippen LogP contribution in [0.2, 0.25) is 0 Å². The SMILES string of the molecule is C#C.C1CC1.C[C@H](Cc1ccc(C(F)(F)F)cc1)C(=O)NC[C@H]1NC(=O)NC1=O. The van der Waals surface area contributed by atoms with Crippen molar-refractivity contribution in [3.8, 4) is 12.8 Å². The summed E-state index contributed by atoms with van der Waals surface area (Å²) < 4.78 is 37.5. The Bertz CT molecular complexity index is 725. The molecular formula is C20H24F3N3O3. The summed E-state index contributed by atoms with van der Waals surface area (Å²) in [6.07, 6.45) is 8.36. The molecule has 1 saturated carbocycles. The van der Waals surface area contributed by atoms with E-state index in [1.807, 2.05) is 5.32 Å². The van der Waals surface area contributed by atoms with Crippen LogP contribution in [0.3, 0.4) is 0 Å². The number of nitrogens with one attached hydrogen (secondary N) is 3. The number of benzene rings is 1. The fraction of sp³-hybridized carbons (Fsp3) is 0.450. The van der Waals surface area contributed by atoms with Crippen LogP contribution in [0.4, 0.5) is 18.0 Å². The molecule has 2 atom stereocenters. The van der Waals surface area contributed by atoms with Crippen LogP contribution in [-0.4, -0.2) is 30.4 Å². The Hall–Kier alpha value is -3.02. The van der Waals surface area contributed by atoms with Gasteiger partial charge in [0, 0.05) is 12.5 Å². The van der Waals surface area contributed by atoms with Crippen molar-refractivity contribution in [1.82, 2.24) is 16.0 Å². The Labute approximate surface area is 167 Å². The number of imide groups is 1. The molecular weight excluding hydrogens is 387 g/mol. The van der Waals surface area contributed by atoms with Gasteiger partial charge in [0.05, 0.1) is 5.56 Å². The van der Waals surface area contributed by atoms with Gasteiger partial charge < -0.3 is 10.6 Å². The minimum Gasteiger partial charge on any atom is -0.353 e. The lowest BCUT2D eigenvalue weighted by atomic mass is 9.99. The fourth-order valence-corrected chi connectivity index (χ4v) is 2.26. The van der Waals surface area contributed by atoms with Gasteiger partial charge in [0.25, 0.3) is 5.91 Å². The molecule has 2 aliphatic rings. The molecule has 2 fully saturated rings. The number of hydrogen-bond acceptors (Lipinski definition) is 3. The van der Waals surface area contributed by atoms with E-state index in [4.69, 9.17) is 0 Å². The maximum absolute atomic E-state index is 12.5. The zero-order chi connectivity index (χ0) is 22.0. The van der Waals surface area contributed by atoms with Crippen LogP contribution in [-0.2, 0) is 22.2 Å². The average Bonchev–Trinajstić information content (AvgIpc) is 3.52. The van der Waals surface area contributed by atoms with Crippen LogP contribution in [0.25, 0.3) is 0 Å². The molecule has 6 nitrogen and oxygen atoms in total. The molecule has 9 heteroatoms. The van der Waals surface area contributed by atoms with Gasteiger partial charge in [-0.2, -0.15) is 13.2 Å². The summed E-state index contributed by atoms with van der Waals surface area (Å²) >= 11 is 0. The second-order valence-corrected chi connectivity index (χ2v) is 6.62. The maximum Gasteiger partial charge on any atom is 0.416 e. The molecule has 4 amide bonds. The smallest absolute Gasteiger partial charge is 0.353 e. The highest BCUT2D eigenvalue weighted by Crippen LogP contribution is 2.29. The lowest BCUT2D eigenvalue weighted by Gasteiger charge is -2.14. The Morgan fingerprint density at radius 2 is 1.72 bits per heavy atom. The lowest BCUT2D eigenvalue weighted by molar-refractivity contribution is -0.137. The van der Waals surface area contributed by atoms with Gasteiger partial charge in [-0.15, -0.1) is 12.8 Å². The fourth-order valence-electron chi connectivity index (χ4n) is 2.26. The molecule has 1 heterocycles. The first-order chi connectivity index (χ1) is 13.7. The number of carbonyl (C=O) groups is 3. The highest BCUT2D eigenvalue weighted by Gasteiger charge is 2.31. The molecule has 1 aromatic rings. The lowest BCUT2D eigenvalue weighted by Crippen LogP contribution is -2.43.